The molecule has 0 aliphatic rings. The minimum atomic E-state index is -0.873. The number of rotatable bonds is 4. The van der Waals surface area contributed by atoms with Gasteiger partial charge in [0.1, 0.15) is 11.6 Å². The fourth-order valence-electron chi connectivity index (χ4n) is 1.33. The molecule has 0 fully saturated rings. The van der Waals surface area contributed by atoms with Gasteiger partial charge < -0.3 is 10.1 Å². The summed E-state index contributed by atoms with van der Waals surface area (Å²) in [5, 5.41) is 13.1. The molecular formula is C11H12N2O5. The van der Waals surface area contributed by atoms with E-state index in [1.807, 2.05) is 0 Å². The van der Waals surface area contributed by atoms with E-state index in [-0.39, 0.29) is 11.3 Å². The van der Waals surface area contributed by atoms with Crippen LogP contribution in [0.5, 0.6) is 0 Å². The highest BCUT2D eigenvalue weighted by Crippen LogP contribution is 2.17. The van der Waals surface area contributed by atoms with Crippen LogP contribution in [0.4, 0.5) is 5.69 Å². The van der Waals surface area contributed by atoms with Crippen LogP contribution in [0.3, 0.4) is 0 Å². The van der Waals surface area contributed by atoms with Crippen LogP contribution in [-0.4, -0.2) is 30.0 Å². The first-order valence-corrected chi connectivity index (χ1v) is 5.09. The fraction of sp³-hybridized carbons (Fsp3) is 0.273. The van der Waals surface area contributed by atoms with Crippen molar-refractivity contribution in [2.24, 2.45) is 0 Å². The number of ether oxygens (including phenoxy) is 1. The van der Waals surface area contributed by atoms with E-state index in [0.29, 0.717) is 0 Å². The van der Waals surface area contributed by atoms with Crippen LogP contribution < -0.4 is 5.32 Å². The van der Waals surface area contributed by atoms with Crippen molar-refractivity contribution in [2.45, 2.75) is 13.0 Å². The smallest absolute Gasteiger partial charge is 0.328 e. The maximum atomic E-state index is 11.8. The van der Waals surface area contributed by atoms with Gasteiger partial charge in [-0.15, -0.1) is 0 Å². The Labute approximate surface area is 103 Å². The Morgan fingerprint density at radius 1 is 1.39 bits per heavy atom. The van der Waals surface area contributed by atoms with Crippen LogP contribution in [0.25, 0.3) is 0 Å². The average molecular weight is 252 g/mol. The number of hydrogen-bond donors (Lipinski definition) is 1. The van der Waals surface area contributed by atoms with E-state index in [9.17, 15) is 19.7 Å². The van der Waals surface area contributed by atoms with Crippen LogP contribution in [0.2, 0.25) is 0 Å². The molecule has 0 aliphatic heterocycles. The van der Waals surface area contributed by atoms with Gasteiger partial charge in [-0.25, -0.2) is 4.79 Å². The number of nitrogens with one attached hydrogen (secondary N) is 1. The van der Waals surface area contributed by atoms with E-state index < -0.39 is 22.8 Å². The maximum Gasteiger partial charge on any atom is 0.328 e. The van der Waals surface area contributed by atoms with E-state index in [1.54, 1.807) is 0 Å². The number of nitro groups is 1. The molecule has 0 saturated carbocycles. The predicted octanol–water partition coefficient (Wildman–Crippen LogP) is 0.886. The van der Waals surface area contributed by atoms with Gasteiger partial charge in [-0.05, 0) is 13.0 Å². The standard InChI is InChI=1S/C11H12N2O5/c1-7(11(15)18-2)12-10(14)8-5-3-4-6-9(8)13(16)17/h3-7H,1-2H3,(H,12,14)/t7-/m0/s1. The molecule has 1 N–H and O–H groups in total. The Bertz CT molecular complexity index is 486. The van der Waals surface area contributed by atoms with Crippen LogP contribution in [-0.2, 0) is 9.53 Å². The monoisotopic (exact) mass is 252 g/mol. The molecule has 7 heteroatoms. The number of benzene rings is 1. The highest BCUT2D eigenvalue weighted by atomic mass is 16.6. The van der Waals surface area contributed by atoms with Crippen molar-refractivity contribution in [3.8, 4) is 0 Å². The lowest BCUT2D eigenvalue weighted by atomic mass is 10.1. The Morgan fingerprint density at radius 2 is 2.00 bits per heavy atom. The van der Waals surface area contributed by atoms with Gasteiger partial charge in [0.2, 0.25) is 0 Å². The second-order valence-electron chi connectivity index (χ2n) is 3.49. The Hall–Kier alpha value is -2.44. The van der Waals surface area contributed by atoms with E-state index in [0.717, 1.165) is 0 Å². The average Bonchev–Trinajstić information content (AvgIpc) is 2.37. The van der Waals surface area contributed by atoms with Crippen molar-refractivity contribution in [2.75, 3.05) is 7.11 Å². The molecule has 0 aliphatic carbocycles. The maximum absolute atomic E-state index is 11.8. The number of para-hydroxylation sites is 1. The third-order valence-electron chi connectivity index (χ3n) is 2.25. The predicted molar refractivity (Wildman–Crippen MR) is 62.0 cm³/mol. The summed E-state index contributed by atoms with van der Waals surface area (Å²) in [5.41, 5.74) is -0.412. The summed E-state index contributed by atoms with van der Waals surface area (Å²) in [7, 11) is 1.19. The first kappa shape index (κ1) is 13.6. The van der Waals surface area contributed by atoms with Crippen LogP contribution in [0.15, 0.2) is 24.3 Å². The molecule has 7 nitrogen and oxygen atoms in total. The molecular weight excluding hydrogens is 240 g/mol. The van der Waals surface area contributed by atoms with Crippen molar-refractivity contribution < 1.29 is 19.2 Å². The van der Waals surface area contributed by atoms with Crippen molar-refractivity contribution >= 4 is 17.6 Å². The highest BCUT2D eigenvalue weighted by molar-refractivity contribution is 5.99. The topological polar surface area (TPSA) is 98.5 Å². The van der Waals surface area contributed by atoms with Gasteiger partial charge in [0.05, 0.1) is 12.0 Å². The minimum absolute atomic E-state index is 0.0988. The largest absolute Gasteiger partial charge is 0.467 e. The normalized spacial score (nSPS) is 11.4. The highest BCUT2D eigenvalue weighted by Gasteiger charge is 2.22. The minimum Gasteiger partial charge on any atom is -0.467 e. The summed E-state index contributed by atoms with van der Waals surface area (Å²) in [5.74, 6) is -1.32. The van der Waals surface area contributed by atoms with Gasteiger partial charge >= 0.3 is 5.97 Å². The molecule has 0 aromatic heterocycles. The second kappa shape index (κ2) is 5.76. The summed E-state index contributed by atoms with van der Waals surface area (Å²) in [6.45, 7) is 1.43. The van der Waals surface area contributed by atoms with E-state index >= 15 is 0 Å². The molecule has 1 aromatic carbocycles. The number of nitro benzene ring substituents is 1. The van der Waals surface area contributed by atoms with Gasteiger partial charge in [-0.2, -0.15) is 0 Å². The number of carbonyl (C=O) groups is 2. The zero-order valence-corrected chi connectivity index (χ0v) is 9.88. The molecule has 0 heterocycles. The molecule has 1 amide bonds. The summed E-state index contributed by atoms with van der Waals surface area (Å²) in [6.07, 6.45) is 0. The molecule has 96 valence electrons. The lowest BCUT2D eigenvalue weighted by Crippen LogP contribution is -2.39. The van der Waals surface area contributed by atoms with Crippen LogP contribution in [0, 0.1) is 10.1 Å². The van der Waals surface area contributed by atoms with Crippen molar-refractivity contribution in [1.82, 2.24) is 5.32 Å². The molecule has 18 heavy (non-hydrogen) atoms. The zero-order chi connectivity index (χ0) is 13.7. The van der Waals surface area contributed by atoms with Crippen molar-refractivity contribution in [1.29, 1.82) is 0 Å². The lowest BCUT2D eigenvalue weighted by Gasteiger charge is -2.11. The molecule has 0 bridgehead atoms. The van der Waals surface area contributed by atoms with Crippen molar-refractivity contribution in [3.63, 3.8) is 0 Å². The second-order valence-corrected chi connectivity index (χ2v) is 3.49. The van der Waals surface area contributed by atoms with Gasteiger partial charge in [0, 0.05) is 6.07 Å². The zero-order valence-electron chi connectivity index (χ0n) is 9.88. The molecule has 1 atom stereocenters. The number of hydrogen-bond acceptors (Lipinski definition) is 5. The summed E-state index contributed by atoms with van der Waals surface area (Å²) in [6, 6.07) is 4.63. The number of carbonyl (C=O) groups excluding carboxylic acids is 2. The molecule has 0 radical (unpaired) electrons. The fourth-order valence-corrected chi connectivity index (χ4v) is 1.33. The lowest BCUT2D eigenvalue weighted by molar-refractivity contribution is -0.385. The van der Waals surface area contributed by atoms with Crippen LogP contribution in [0.1, 0.15) is 17.3 Å². The summed E-state index contributed by atoms with van der Waals surface area (Å²) < 4.78 is 4.44. The van der Waals surface area contributed by atoms with Crippen molar-refractivity contribution in [3.05, 3.63) is 39.9 Å². The van der Waals surface area contributed by atoms with Crippen LogP contribution >= 0.6 is 0 Å². The third kappa shape index (κ3) is 3.03. The number of amides is 1. The SMILES string of the molecule is COC(=O)[C@H](C)NC(=O)c1ccccc1[N+](=O)[O-]. The molecule has 1 aromatic rings. The summed E-state index contributed by atoms with van der Waals surface area (Å²) in [4.78, 5) is 33.0. The third-order valence-corrected chi connectivity index (χ3v) is 2.25. The first-order chi connectivity index (χ1) is 8.47. The van der Waals surface area contributed by atoms with Gasteiger partial charge in [-0.1, -0.05) is 12.1 Å². The van der Waals surface area contributed by atoms with Gasteiger partial charge in [0.25, 0.3) is 11.6 Å². The Kier molecular flexibility index (Phi) is 4.36. The number of esters is 1. The van der Waals surface area contributed by atoms with E-state index in [2.05, 4.69) is 10.1 Å². The van der Waals surface area contributed by atoms with E-state index in [1.165, 1.54) is 38.3 Å². The molecule has 0 unspecified atom stereocenters. The number of methoxy groups -OCH3 is 1. The summed E-state index contributed by atoms with van der Waals surface area (Å²) >= 11 is 0. The molecule has 0 saturated heterocycles. The van der Waals surface area contributed by atoms with Gasteiger partial charge in [-0.3, -0.25) is 14.9 Å². The Balaban J connectivity index is 2.91. The molecule has 1 rings (SSSR count). The number of nitrogens with zero attached hydrogens (tertiary/aromatic N) is 1. The first-order valence-electron chi connectivity index (χ1n) is 5.09. The van der Waals surface area contributed by atoms with E-state index in [4.69, 9.17) is 0 Å². The quantitative estimate of drug-likeness (QED) is 0.487. The molecule has 0 spiro atoms. The Morgan fingerprint density at radius 3 is 2.56 bits per heavy atom. The van der Waals surface area contributed by atoms with Gasteiger partial charge in [0.15, 0.2) is 0 Å².